The monoisotopic (exact) mass is 464 g/mol. The van der Waals surface area contributed by atoms with E-state index in [2.05, 4.69) is 16.4 Å². The van der Waals surface area contributed by atoms with Gasteiger partial charge in [-0.15, -0.1) is 0 Å². The second-order valence-corrected chi connectivity index (χ2v) is 10.8. The third kappa shape index (κ3) is 4.09. The summed E-state index contributed by atoms with van der Waals surface area (Å²) in [5.74, 6) is -0.0554. The molecular formula is C25H28N4O3S. The number of nitrogens with zero attached hydrogens (tertiary/aromatic N) is 3. The summed E-state index contributed by atoms with van der Waals surface area (Å²) in [7, 11) is -1.97. The van der Waals surface area contributed by atoms with Gasteiger partial charge < -0.3 is 9.88 Å². The van der Waals surface area contributed by atoms with Crippen LogP contribution in [-0.2, 0) is 29.9 Å². The van der Waals surface area contributed by atoms with Gasteiger partial charge in [0.25, 0.3) is 10.0 Å². The minimum absolute atomic E-state index is 0.0554. The van der Waals surface area contributed by atoms with Gasteiger partial charge in [-0.25, -0.2) is 13.4 Å². The molecule has 2 aliphatic rings. The molecule has 1 aromatic heterocycles. The number of aldehydes is 1. The summed E-state index contributed by atoms with van der Waals surface area (Å²) in [5.41, 5.74) is 4.95. The van der Waals surface area contributed by atoms with Crippen LogP contribution in [0.1, 0.15) is 45.8 Å². The minimum Gasteiger partial charge on any atom is -0.380 e. The summed E-state index contributed by atoms with van der Waals surface area (Å²) in [6.45, 7) is 0.649. The highest BCUT2D eigenvalue weighted by molar-refractivity contribution is 7.89. The molecule has 0 bridgehead atoms. The van der Waals surface area contributed by atoms with Crippen LogP contribution in [-0.4, -0.2) is 47.7 Å². The highest BCUT2D eigenvalue weighted by Gasteiger charge is 2.41. The molecule has 33 heavy (non-hydrogen) atoms. The number of carbonyl (C=O) groups is 1. The average Bonchev–Trinajstić information content (AvgIpc) is 3.47. The number of rotatable bonds is 6. The van der Waals surface area contributed by atoms with Crippen LogP contribution in [0.3, 0.4) is 0 Å². The van der Waals surface area contributed by atoms with E-state index < -0.39 is 10.0 Å². The van der Waals surface area contributed by atoms with Crippen molar-refractivity contribution in [2.24, 2.45) is 7.05 Å². The molecular weight excluding hydrogens is 436 g/mol. The van der Waals surface area contributed by atoms with Gasteiger partial charge in [0, 0.05) is 49.5 Å². The van der Waals surface area contributed by atoms with E-state index >= 15 is 0 Å². The maximum atomic E-state index is 13.3. The molecule has 0 saturated carbocycles. The Bertz CT molecular complexity index is 1270. The van der Waals surface area contributed by atoms with Gasteiger partial charge in [0.15, 0.2) is 11.3 Å². The Balaban J connectivity index is 1.49. The largest absolute Gasteiger partial charge is 0.380 e. The van der Waals surface area contributed by atoms with E-state index in [1.807, 2.05) is 36.4 Å². The molecule has 2 atom stereocenters. The van der Waals surface area contributed by atoms with E-state index in [0.29, 0.717) is 18.7 Å². The second-order valence-electron chi connectivity index (χ2n) is 8.96. The molecule has 1 N–H and O–H groups in total. The van der Waals surface area contributed by atoms with Crippen molar-refractivity contribution in [1.82, 2.24) is 13.9 Å². The van der Waals surface area contributed by atoms with Crippen molar-refractivity contribution in [1.29, 1.82) is 0 Å². The van der Waals surface area contributed by atoms with Crippen LogP contribution in [0, 0.1) is 0 Å². The smallest absolute Gasteiger partial charge is 0.262 e. The normalized spacial score (nSPS) is 21.0. The van der Waals surface area contributed by atoms with E-state index in [1.165, 1.54) is 22.4 Å². The van der Waals surface area contributed by atoms with Gasteiger partial charge in [0.05, 0.1) is 6.33 Å². The van der Waals surface area contributed by atoms with Gasteiger partial charge in [-0.1, -0.05) is 36.4 Å². The van der Waals surface area contributed by atoms with E-state index in [-0.39, 0.29) is 17.0 Å². The maximum Gasteiger partial charge on any atom is 0.262 e. The third-order valence-corrected chi connectivity index (χ3v) is 8.55. The third-order valence-electron chi connectivity index (χ3n) is 6.84. The average molecular weight is 465 g/mol. The minimum atomic E-state index is -3.72. The first-order valence-corrected chi connectivity index (χ1v) is 12.8. The molecule has 2 aromatic carbocycles. The fourth-order valence-corrected chi connectivity index (χ4v) is 6.58. The van der Waals surface area contributed by atoms with Crippen LogP contribution >= 0.6 is 0 Å². The topological polar surface area (TPSA) is 84.3 Å². The van der Waals surface area contributed by atoms with Crippen molar-refractivity contribution in [3.8, 4) is 0 Å². The molecule has 2 heterocycles. The molecule has 0 spiro atoms. The molecule has 5 rings (SSSR count). The van der Waals surface area contributed by atoms with Crippen molar-refractivity contribution >= 4 is 22.0 Å². The highest BCUT2D eigenvalue weighted by atomic mass is 32.2. The number of sulfonamides is 1. The van der Waals surface area contributed by atoms with Gasteiger partial charge in [0.1, 0.15) is 0 Å². The SMILES string of the molecule is Cn1cnc(S(=O)(=O)N2C[C@H](Nc3ccc4c(c3C=O)CCCC4)[C@@H](c3ccccc3)C2)c1. The molecule has 8 heteroatoms. The summed E-state index contributed by atoms with van der Waals surface area (Å²) in [6.07, 6.45) is 8.12. The van der Waals surface area contributed by atoms with E-state index in [0.717, 1.165) is 48.8 Å². The summed E-state index contributed by atoms with van der Waals surface area (Å²) in [4.78, 5) is 16.2. The lowest BCUT2D eigenvalue weighted by molar-refractivity contribution is 0.112. The molecule has 1 fully saturated rings. The number of nitrogens with one attached hydrogen (secondary N) is 1. The first kappa shape index (κ1) is 21.9. The molecule has 0 unspecified atom stereocenters. The van der Waals surface area contributed by atoms with Crippen LogP contribution in [0.15, 0.2) is 60.0 Å². The van der Waals surface area contributed by atoms with Crippen molar-refractivity contribution in [3.63, 3.8) is 0 Å². The molecule has 172 valence electrons. The van der Waals surface area contributed by atoms with Gasteiger partial charge in [-0.3, -0.25) is 4.79 Å². The Labute approximate surface area is 194 Å². The van der Waals surface area contributed by atoms with Crippen molar-refractivity contribution in [2.45, 2.75) is 42.7 Å². The van der Waals surface area contributed by atoms with E-state index in [9.17, 15) is 13.2 Å². The summed E-state index contributed by atoms with van der Waals surface area (Å²) in [5, 5.41) is 3.61. The zero-order valence-corrected chi connectivity index (χ0v) is 19.5. The number of carbonyl (C=O) groups excluding carboxylic acids is 1. The number of hydrogen-bond donors (Lipinski definition) is 1. The van der Waals surface area contributed by atoms with Gasteiger partial charge >= 0.3 is 0 Å². The Hall–Kier alpha value is -2.97. The van der Waals surface area contributed by atoms with Crippen LogP contribution in [0.5, 0.6) is 0 Å². The second kappa shape index (κ2) is 8.76. The van der Waals surface area contributed by atoms with Crippen molar-refractivity contribution < 1.29 is 13.2 Å². The number of aryl methyl sites for hydroxylation is 2. The fourth-order valence-electron chi connectivity index (χ4n) is 5.12. The Kier molecular flexibility index (Phi) is 5.80. The van der Waals surface area contributed by atoms with Gasteiger partial charge in [-0.05, 0) is 48.4 Å². The molecule has 1 aliphatic carbocycles. The lowest BCUT2D eigenvalue weighted by atomic mass is 9.87. The summed E-state index contributed by atoms with van der Waals surface area (Å²) < 4.78 is 29.7. The zero-order valence-electron chi connectivity index (χ0n) is 18.6. The molecule has 0 amide bonds. The number of aromatic nitrogens is 2. The standard InChI is InChI=1S/C25H28N4O3S/c1-28-15-25(26-17-28)33(31,32)29-13-21(18-7-3-2-4-8-18)24(14-29)27-23-12-11-19-9-5-6-10-20(19)22(23)16-30/h2-4,7-8,11-12,15-17,21,24,27H,5-6,9-10,13-14H2,1H3/t21-,24+/m1/s1. The van der Waals surface area contributed by atoms with Gasteiger partial charge in [-0.2, -0.15) is 4.31 Å². The quantitative estimate of drug-likeness (QED) is 0.566. The lowest BCUT2D eigenvalue weighted by Crippen LogP contribution is -2.32. The highest BCUT2D eigenvalue weighted by Crippen LogP contribution is 2.35. The van der Waals surface area contributed by atoms with Crippen LogP contribution in [0.4, 0.5) is 5.69 Å². The van der Waals surface area contributed by atoms with Crippen molar-refractivity contribution in [2.75, 3.05) is 18.4 Å². The molecule has 1 aliphatic heterocycles. The van der Waals surface area contributed by atoms with E-state index in [1.54, 1.807) is 11.6 Å². The lowest BCUT2D eigenvalue weighted by Gasteiger charge is -2.25. The zero-order chi connectivity index (χ0) is 23.0. The van der Waals surface area contributed by atoms with Crippen LogP contribution in [0.2, 0.25) is 0 Å². The van der Waals surface area contributed by atoms with Crippen LogP contribution in [0.25, 0.3) is 0 Å². The summed E-state index contributed by atoms with van der Waals surface area (Å²) in [6, 6.07) is 13.9. The predicted octanol–water partition coefficient (Wildman–Crippen LogP) is 3.38. The number of fused-ring (bicyclic) bond motifs is 1. The Morgan fingerprint density at radius 2 is 1.85 bits per heavy atom. The maximum absolute atomic E-state index is 13.3. The Morgan fingerprint density at radius 3 is 2.58 bits per heavy atom. The first-order chi connectivity index (χ1) is 16.0. The molecule has 0 radical (unpaired) electrons. The molecule has 7 nitrogen and oxygen atoms in total. The number of hydrogen-bond acceptors (Lipinski definition) is 5. The van der Waals surface area contributed by atoms with E-state index in [4.69, 9.17) is 0 Å². The first-order valence-electron chi connectivity index (χ1n) is 11.4. The summed E-state index contributed by atoms with van der Waals surface area (Å²) >= 11 is 0. The van der Waals surface area contributed by atoms with Crippen molar-refractivity contribution in [3.05, 3.63) is 77.2 Å². The number of benzene rings is 2. The molecule has 3 aromatic rings. The predicted molar refractivity (Wildman–Crippen MR) is 127 cm³/mol. The Morgan fingerprint density at radius 1 is 1.06 bits per heavy atom. The van der Waals surface area contributed by atoms with Gasteiger partial charge in [0.2, 0.25) is 0 Å². The number of anilines is 1. The fraction of sp³-hybridized carbons (Fsp3) is 0.360. The van der Waals surface area contributed by atoms with Crippen LogP contribution < -0.4 is 5.32 Å². The number of imidazole rings is 1. The molecule has 1 saturated heterocycles.